The molecule has 0 N–H and O–H groups in total. The van der Waals surface area contributed by atoms with Gasteiger partial charge in [0.05, 0.1) is 0 Å². The molecule has 1 heterocycles. The molecule has 4 nitrogen and oxygen atoms in total. The first-order chi connectivity index (χ1) is 15.3. The largest absolute Gasteiger partial charge is 0.485 e. The molecule has 1 aliphatic rings. The molecule has 31 heavy (non-hydrogen) atoms. The second kappa shape index (κ2) is 11.0. The van der Waals surface area contributed by atoms with Gasteiger partial charge >= 0.3 is 0 Å². The van der Waals surface area contributed by atoms with E-state index in [0.29, 0.717) is 6.61 Å². The van der Waals surface area contributed by atoms with Gasteiger partial charge in [0.1, 0.15) is 12.7 Å². The number of benzene rings is 3. The quantitative estimate of drug-likeness (QED) is 0.489. The fraction of sp³-hybridized carbons (Fsp3) is 0.333. The number of likely N-dealkylation sites (N-methyl/N-ethyl adjacent to an activating group) is 1. The predicted octanol–water partition coefficient (Wildman–Crippen LogP) is 5.02. The molecule has 0 amide bonds. The number of nitrogens with zero attached hydrogens (tertiary/aromatic N) is 2. The Morgan fingerprint density at radius 1 is 0.742 bits per heavy atom. The van der Waals surface area contributed by atoms with E-state index < -0.39 is 0 Å². The molecule has 4 rings (SSSR count). The summed E-state index contributed by atoms with van der Waals surface area (Å²) in [4.78, 5) is 4.93. The average Bonchev–Trinajstić information content (AvgIpc) is 2.83. The molecule has 0 aromatic heterocycles. The molecule has 0 aliphatic carbocycles. The molecule has 1 fully saturated rings. The number of rotatable bonds is 9. The van der Waals surface area contributed by atoms with Crippen LogP contribution in [0.1, 0.15) is 23.7 Å². The third-order valence-corrected chi connectivity index (χ3v) is 5.83. The summed E-state index contributed by atoms with van der Waals surface area (Å²) in [7, 11) is 2.19. The van der Waals surface area contributed by atoms with Crippen molar-refractivity contribution in [1.29, 1.82) is 0 Å². The Morgan fingerprint density at radius 3 is 2.06 bits per heavy atom. The van der Waals surface area contributed by atoms with Crippen molar-refractivity contribution in [3.05, 3.63) is 96.1 Å². The van der Waals surface area contributed by atoms with E-state index in [9.17, 15) is 0 Å². The second-order valence-corrected chi connectivity index (χ2v) is 8.17. The average molecular weight is 417 g/mol. The van der Waals surface area contributed by atoms with Crippen LogP contribution in [-0.2, 0) is 6.61 Å². The molecule has 1 unspecified atom stereocenters. The van der Waals surface area contributed by atoms with Crippen molar-refractivity contribution < 1.29 is 9.47 Å². The zero-order valence-electron chi connectivity index (χ0n) is 18.3. The Balaban J connectivity index is 1.45. The van der Waals surface area contributed by atoms with Gasteiger partial charge in [0.25, 0.3) is 0 Å². The van der Waals surface area contributed by atoms with Crippen LogP contribution in [0.4, 0.5) is 0 Å². The monoisotopic (exact) mass is 416 g/mol. The minimum atomic E-state index is -0.0117. The van der Waals surface area contributed by atoms with Gasteiger partial charge in [-0.3, -0.25) is 0 Å². The second-order valence-electron chi connectivity index (χ2n) is 8.17. The molecule has 1 aliphatic heterocycles. The Bertz CT molecular complexity index is 909. The third kappa shape index (κ3) is 6.33. The van der Waals surface area contributed by atoms with Crippen LogP contribution in [0, 0.1) is 0 Å². The van der Waals surface area contributed by atoms with Gasteiger partial charge in [-0.1, -0.05) is 72.8 Å². The summed E-state index contributed by atoms with van der Waals surface area (Å²) in [6, 6.07) is 28.8. The molecule has 1 atom stereocenters. The van der Waals surface area contributed by atoms with E-state index in [1.165, 1.54) is 5.56 Å². The van der Waals surface area contributed by atoms with Gasteiger partial charge in [-0.05, 0) is 30.3 Å². The molecule has 3 aromatic carbocycles. The van der Waals surface area contributed by atoms with E-state index in [1.54, 1.807) is 0 Å². The molecule has 3 aromatic rings. The van der Waals surface area contributed by atoms with Crippen LogP contribution in [0.2, 0.25) is 0 Å². The van der Waals surface area contributed by atoms with Crippen LogP contribution in [0.5, 0.6) is 11.5 Å². The first-order valence-corrected chi connectivity index (χ1v) is 11.2. The van der Waals surface area contributed by atoms with E-state index in [1.807, 2.05) is 42.5 Å². The van der Waals surface area contributed by atoms with Crippen molar-refractivity contribution in [2.45, 2.75) is 19.1 Å². The van der Waals surface area contributed by atoms with Gasteiger partial charge in [-0.15, -0.1) is 0 Å². The van der Waals surface area contributed by atoms with Gasteiger partial charge in [-0.25, -0.2) is 0 Å². The lowest BCUT2D eigenvalue weighted by Gasteiger charge is -2.33. The van der Waals surface area contributed by atoms with Crippen LogP contribution in [-0.4, -0.2) is 49.6 Å². The summed E-state index contributed by atoms with van der Waals surface area (Å²) >= 11 is 0. The van der Waals surface area contributed by atoms with E-state index >= 15 is 0 Å². The number of piperazine rings is 1. The lowest BCUT2D eigenvalue weighted by Crippen LogP contribution is -2.45. The Labute approximate surface area is 186 Å². The third-order valence-electron chi connectivity index (χ3n) is 5.83. The summed E-state index contributed by atoms with van der Waals surface area (Å²) in [6.07, 6.45) is 0.933. The minimum absolute atomic E-state index is 0.0117. The summed E-state index contributed by atoms with van der Waals surface area (Å²) in [5.74, 6) is 1.58. The molecule has 0 saturated carbocycles. The fourth-order valence-corrected chi connectivity index (χ4v) is 3.89. The predicted molar refractivity (Wildman–Crippen MR) is 126 cm³/mol. The highest BCUT2D eigenvalue weighted by Gasteiger charge is 2.19. The minimum Gasteiger partial charge on any atom is -0.485 e. The van der Waals surface area contributed by atoms with Gasteiger partial charge < -0.3 is 19.3 Å². The van der Waals surface area contributed by atoms with E-state index in [0.717, 1.165) is 56.2 Å². The highest BCUT2D eigenvalue weighted by atomic mass is 16.5. The topological polar surface area (TPSA) is 24.9 Å². The lowest BCUT2D eigenvalue weighted by atomic mass is 10.1. The Morgan fingerprint density at radius 2 is 1.35 bits per heavy atom. The molecule has 162 valence electrons. The van der Waals surface area contributed by atoms with E-state index in [4.69, 9.17) is 9.47 Å². The summed E-state index contributed by atoms with van der Waals surface area (Å²) in [6.45, 7) is 6.06. The maximum atomic E-state index is 6.57. The number of ether oxygens (including phenoxy) is 2. The first kappa shape index (κ1) is 21.4. The Kier molecular flexibility index (Phi) is 7.59. The van der Waals surface area contributed by atoms with Crippen molar-refractivity contribution in [1.82, 2.24) is 9.80 Å². The molecule has 0 spiro atoms. The lowest BCUT2D eigenvalue weighted by molar-refractivity contribution is 0.121. The van der Waals surface area contributed by atoms with Crippen LogP contribution < -0.4 is 9.47 Å². The molecule has 1 saturated heterocycles. The molecule has 0 bridgehead atoms. The normalized spacial score (nSPS) is 16.0. The van der Waals surface area contributed by atoms with E-state index in [2.05, 4.69) is 59.3 Å². The van der Waals surface area contributed by atoms with Crippen molar-refractivity contribution in [3.63, 3.8) is 0 Å². The number of para-hydroxylation sites is 2. The number of hydrogen-bond acceptors (Lipinski definition) is 4. The van der Waals surface area contributed by atoms with Gasteiger partial charge in [-0.2, -0.15) is 0 Å². The van der Waals surface area contributed by atoms with Crippen LogP contribution in [0.25, 0.3) is 0 Å². The van der Waals surface area contributed by atoms with Crippen LogP contribution in [0.3, 0.4) is 0 Å². The molecule has 4 heteroatoms. The summed E-state index contributed by atoms with van der Waals surface area (Å²) in [5.41, 5.74) is 2.35. The maximum Gasteiger partial charge on any atom is 0.162 e. The SMILES string of the molecule is CN1CCN(CCC(Oc2ccccc2OCc2ccccc2)c2ccccc2)CC1. The van der Waals surface area contributed by atoms with Gasteiger partial charge in [0.2, 0.25) is 0 Å². The zero-order chi connectivity index (χ0) is 21.3. The molecular formula is C27H32N2O2. The van der Waals surface area contributed by atoms with Gasteiger partial charge in [0, 0.05) is 39.1 Å². The Hall–Kier alpha value is -2.82. The highest BCUT2D eigenvalue weighted by molar-refractivity contribution is 5.40. The summed E-state index contributed by atoms with van der Waals surface area (Å²) < 4.78 is 12.7. The molecular weight excluding hydrogens is 384 g/mol. The number of hydrogen-bond donors (Lipinski definition) is 0. The smallest absolute Gasteiger partial charge is 0.162 e. The van der Waals surface area contributed by atoms with Crippen molar-refractivity contribution in [2.24, 2.45) is 0 Å². The van der Waals surface area contributed by atoms with Crippen LogP contribution in [0.15, 0.2) is 84.9 Å². The van der Waals surface area contributed by atoms with Crippen molar-refractivity contribution in [2.75, 3.05) is 39.8 Å². The van der Waals surface area contributed by atoms with Gasteiger partial charge in [0.15, 0.2) is 11.5 Å². The van der Waals surface area contributed by atoms with Crippen LogP contribution >= 0.6 is 0 Å². The molecule has 0 radical (unpaired) electrons. The maximum absolute atomic E-state index is 6.57. The first-order valence-electron chi connectivity index (χ1n) is 11.2. The highest BCUT2D eigenvalue weighted by Crippen LogP contribution is 2.33. The van der Waals surface area contributed by atoms with E-state index in [-0.39, 0.29) is 6.10 Å². The zero-order valence-corrected chi connectivity index (χ0v) is 18.3. The fourth-order valence-electron chi connectivity index (χ4n) is 3.89. The summed E-state index contributed by atoms with van der Waals surface area (Å²) in [5, 5.41) is 0. The standard InChI is InChI=1S/C27H32N2O2/c1-28-18-20-29(21-19-28)17-16-25(24-12-6-3-7-13-24)31-27-15-9-8-14-26(27)30-22-23-10-4-2-5-11-23/h2-15,25H,16-22H2,1H3. The van der Waals surface area contributed by atoms with Crippen molar-refractivity contribution in [3.8, 4) is 11.5 Å². The van der Waals surface area contributed by atoms with Crippen molar-refractivity contribution >= 4 is 0 Å².